The smallest absolute Gasteiger partial charge is 0.414 e. The second-order valence-electron chi connectivity index (χ2n) is 4.73. The van der Waals surface area contributed by atoms with E-state index in [-0.39, 0.29) is 0 Å². The zero-order chi connectivity index (χ0) is 16.4. The number of morpholine rings is 1. The molecule has 1 aromatic rings. The van der Waals surface area contributed by atoms with Crippen LogP contribution in [0.25, 0.3) is 0 Å². The Morgan fingerprint density at radius 3 is 2.18 bits per heavy atom. The molecular weight excluding hydrogens is 290 g/mol. The summed E-state index contributed by atoms with van der Waals surface area (Å²) in [6, 6.07) is 8.19. The summed E-state index contributed by atoms with van der Waals surface area (Å²) in [5.74, 6) is -2.69. The minimum Gasteiger partial charge on any atom is -0.492 e. The van der Waals surface area contributed by atoms with Gasteiger partial charge in [0.25, 0.3) is 0 Å². The molecule has 0 aliphatic carbocycles. The van der Waals surface area contributed by atoms with Crippen LogP contribution in [0.4, 0.5) is 0 Å². The van der Waals surface area contributed by atoms with Gasteiger partial charge in [-0.2, -0.15) is 0 Å². The molecule has 0 atom stereocenters. The summed E-state index contributed by atoms with van der Waals surface area (Å²) in [6.07, 6.45) is 0. The Hall–Kier alpha value is -2.12. The number of benzene rings is 1. The number of aryl methyl sites for hydroxylation is 1. The van der Waals surface area contributed by atoms with Crippen molar-refractivity contribution in [3.8, 4) is 5.75 Å². The normalized spacial score (nSPS) is 14.6. The molecule has 7 nitrogen and oxygen atoms in total. The van der Waals surface area contributed by atoms with Crippen LogP contribution in [0.1, 0.15) is 5.56 Å². The summed E-state index contributed by atoms with van der Waals surface area (Å²) in [5, 5.41) is 14.8. The van der Waals surface area contributed by atoms with Crippen molar-refractivity contribution in [2.45, 2.75) is 6.92 Å². The van der Waals surface area contributed by atoms with E-state index >= 15 is 0 Å². The molecule has 22 heavy (non-hydrogen) atoms. The number of ether oxygens (including phenoxy) is 2. The zero-order valence-electron chi connectivity index (χ0n) is 12.5. The van der Waals surface area contributed by atoms with E-state index in [0.29, 0.717) is 0 Å². The molecule has 0 spiro atoms. The van der Waals surface area contributed by atoms with Crippen molar-refractivity contribution < 1.29 is 29.3 Å². The van der Waals surface area contributed by atoms with Gasteiger partial charge in [-0.3, -0.25) is 4.90 Å². The number of carboxylic acids is 2. The molecule has 0 radical (unpaired) electrons. The van der Waals surface area contributed by atoms with Crippen molar-refractivity contribution in [1.82, 2.24) is 4.90 Å². The topological polar surface area (TPSA) is 96.3 Å². The maximum atomic E-state index is 9.10. The number of hydrogen-bond donors (Lipinski definition) is 2. The lowest BCUT2D eigenvalue weighted by Gasteiger charge is -2.26. The van der Waals surface area contributed by atoms with Crippen LogP contribution in [0.5, 0.6) is 5.75 Å². The van der Waals surface area contributed by atoms with Gasteiger partial charge in [-0.15, -0.1) is 0 Å². The molecule has 0 unspecified atom stereocenters. The van der Waals surface area contributed by atoms with Gasteiger partial charge >= 0.3 is 11.9 Å². The molecule has 122 valence electrons. The van der Waals surface area contributed by atoms with Gasteiger partial charge in [0.05, 0.1) is 13.2 Å². The van der Waals surface area contributed by atoms with Crippen LogP contribution in [-0.2, 0) is 14.3 Å². The Bertz CT molecular complexity index is 455. The Morgan fingerprint density at radius 1 is 1.14 bits per heavy atom. The second kappa shape index (κ2) is 9.75. The van der Waals surface area contributed by atoms with Crippen LogP contribution in [0.15, 0.2) is 24.3 Å². The van der Waals surface area contributed by atoms with Crippen molar-refractivity contribution >= 4 is 11.9 Å². The number of aliphatic carboxylic acids is 2. The van der Waals surface area contributed by atoms with Gasteiger partial charge in [-0.05, 0) is 19.1 Å². The van der Waals surface area contributed by atoms with Gasteiger partial charge in [0.1, 0.15) is 12.4 Å². The average molecular weight is 311 g/mol. The Labute approximate surface area is 129 Å². The minimum atomic E-state index is -1.82. The van der Waals surface area contributed by atoms with Gasteiger partial charge in [0.2, 0.25) is 0 Å². The lowest BCUT2D eigenvalue weighted by Crippen LogP contribution is -2.38. The third-order valence-electron chi connectivity index (χ3n) is 2.98. The lowest BCUT2D eigenvalue weighted by molar-refractivity contribution is -0.159. The molecule has 0 bridgehead atoms. The average Bonchev–Trinajstić information content (AvgIpc) is 2.51. The third kappa shape index (κ3) is 7.61. The standard InChI is InChI=1S/C13H19NO2.C2H2O4/c1-12-2-4-13(5-3-12)16-11-8-14-6-9-15-10-7-14;3-1(4)2(5)6/h2-5H,6-11H2,1H3;(H,3,4)(H,5,6). The Kier molecular flexibility index (Phi) is 7.95. The van der Waals surface area contributed by atoms with Crippen molar-refractivity contribution in [3.63, 3.8) is 0 Å². The summed E-state index contributed by atoms with van der Waals surface area (Å²) in [7, 11) is 0. The fourth-order valence-corrected chi connectivity index (χ4v) is 1.75. The van der Waals surface area contributed by atoms with Gasteiger partial charge in [0, 0.05) is 19.6 Å². The highest BCUT2D eigenvalue weighted by Gasteiger charge is 2.09. The molecule has 7 heteroatoms. The molecule has 0 saturated carbocycles. The van der Waals surface area contributed by atoms with E-state index in [1.54, 1.807) is 0 Å². The molecule has 1 saturated heterocycles. The van der Waals surface area contributed by atoms with Gasteiger partial charge in [-0.1, -0.05) is 17.7 Å². The summed E-state index contributed by atoms with van der Waals surface area (Å²) < 4.78 is 11.0. The van der Waals surface area contributed by atoms with E-state index in [2.05, 4.69) is 24.0 Å². The number of carbonyl (C=O) groups is 2. The van der Waals surface area contributed by atoms with Crippen LogP contribution in [0, 0.1) is 6.92 Å². The van der Waals surface area contributed by atoms with E-state index in [4.69, 9.17) is 29.3 Å². The van der Waals surface area contributed by atoms with Crippen molar-refractivity contribution in [2.75, 3.05) is 39.5 Å². The molecule has 2 rings (SSSR count). The van der Waals surface area contributed by atoms with Crippen LogP contribution in [0.3, 0.4) is 0 Å². The molecule has 1 aliphatic heterocycles. The molecule has 0 aromatic heterocycles. The van der Waals surface area contributed by atoms with Crippen LogP contribution in [-0.4, -0.2) is 66.5 Å². The highest BCUT2D eigenvalue weighted by molar-refractivity contribution is 6.27. The maximum Gasteiger partial charge on any atom is 0.414 e. The largest absolute Gasteiger partial charge is 0.492 e. The van der Waals surface area contributed by atoms with Gasteiger partial charge < -0.3 is 19.7 Å². The predicted molar refractivity (Wildman–Crippen MR) is 79.2 cm³/mol. The summed E-state index contributed by atoms with van der Waals surface area (Å²) >= 11 is 0. The fraction of sp³-hybridized carbons (Fsp3) is 0.467. The quantitative estimate of drug-likeness (QED) is 0.796. The maximum absolute atomic E-state index is 9.10. The van der Waals surface area contributed by atoms with E-state index in [9.17, 15) is 0 Å². The highest BCUT2D eigenvalue weighted by Crippen LogP contribution is 2.11. The number of hydrogen-bond acceptors (Lipinski definition) is 5. The minimum absolute atomic E-state index is 0.753. The highest BCUT2D eigenvalue weighted by atomic mass is 16.5. The summed E-state index contributed by atoms with van der Waals surface area (Å²) in [6.45, 7) is 7.57. The van der Waals surface area contributed by atoms with Crippen LogP contribution in [0.2, 0.25) is 0 Å². The SMILES string of the molecule is Cc1ccc(OCCN2CCOCC2)cc1.O=C(O)C(=O)O. The molecule has 1 fully saturated rings. The van der Waals surface area contributed by atoms with Crippen molar-refractivity contribution in [3.05, 3.63) is 29.8 Å². The monoisotopic (exact) mass is 311 g/mol. The van der Waals surface area contributed by atoms with E-state index in [1.807, 2.05) is 12.1 Å². The first-order chi connectivity index (χ1) is 10.5. The molecule has 1 aromatic carbocycles. The summed E-state index contributed by atoms with van der Waals surface area (Å²) in [5.41, 5.74) is 1.26. The second-order valence-corrected chi connectivity index (χ2v) is 4.73. The zero-order valence-corrected chi connectivity index (χ0v) is 12.5. The van der Waals surface area contributed by atoms with Gasteiger partial charge in [-0.25, -0.2) is 9.59 Å². The molecule has 1 heterocycles. The van der Waals surface area contributed by atoms with E-state index < -0.39 is 11.9 Å². The fourth-order valence-electron chi connectivity index (χ4n) is 1.75. The van der Waals surface area contributed by atoms with Crippen molar-refractivity contribution in [1.29, 1.82) is 0 Å². The van der Waals surface area contributed by atoms with E-state index in [1.165, 1.54) is 5.56 Å². The Balaban J connectivity index is 0.000000346. The number of carboxylic acid groups (broad SMARTS) is 2. The molecule has 2 N–H and O–H groups in total. The predicted octanol–water partition coefficient (Wildman–Crippen LogP) is 0.862. The summed E-state index contributed by atoms with van der Waals surface area (Å²) in [4.78, 5) is 20.6. The third-order valence-corrected chi connectivity index (χ3v) is 2.98. The van der Waals surface area contributed by atoms with E-state index in [0.717, 1.165) is 45.2 Å². The van der Waals surface area contributed by atoms with Gasteiger partial charge in [0.15, 0.2) is 0 Å². The Morgan fingerprint density at radius 2 is 1.68 bits per heavy atom. The first-order valence-electron chi connectivity index (χ1n) is 6.95. The van der Waals surface area contributed by atoms with Crippen LogP contribution < -0.4 is 4.74 Å². The number of nitrogens with zero attached hydrogens (tertiary/aromatic N) is 1. The van der Waals surface area contributed by atoms with Crippen LogP contribution >= 0.6 is 0 Å². The first-order valence-corrected chi connectivity index (χ1v) is 6.95. The molecule has 1 aliphatic rings. The molecule has 0 amide bonds. The van der Waals surface area contributed by atoms with Crippen molar-refractivity contribution in [2.24, 2.45) is 0 Å². The number of rotatable bonds is 4. The molecular formula is C15H21NO6. The lowest BCUT2D eigenvalue weighted by atomic mass is 10.2. The first kappa shape index (κ1) is 17.9.